The lowest BCUT2D eigenvalue weighted by molar-refractivity contribution is 0.292. The van der Waals surface area contributed by atoms with Gasteiger partial charge in [0.15, 0.2) is 0 Å². The van der Waals surface area contributed by atoms with Crippen LogP contribution in [0.15, 0.2) is 18.2 Å². The highest BCUT2D eigenvalue weighted by atomic mass is 16.5. The topological polar surface area (TPSA) is 36.3 Å². The molecule has 0 aromatic heterocycles. The number of ether oxygens (including phenoxy) is 1. The van der Waals surface area contributed by atoms with Crippen LogP contribution in [0.25, 0.3) is 0 Å². The summed E-state index contributed by atoms with van der Waals surface area (Å²) >= 11 is 0. The molecule has 1 aromatic carbocycles. The van der Waals surface area contributed by atoms with Crippen LogP contribution in [0.3, 0.4) is 0 Å². The summed E-state index contributed by atoms with van der Waals surface area (Å²) in [5.41, 5.74) is 2.43. The molecule has 19 heavy (non-hydrogen) atoms. The Morgan fingerprint density at radius 2 is 2.11 bits per heavy atom. The summed E-state index contributed by atoms with van der Waals surface area (Å²) in [6.45, 7) is 8.50. The minimum atomic E-state index is 0.119. The minimum absolute atomic E-state index is 0.119. The Bertz CT molecular complexity index is 437. The molecular formula is C16H24N2O. The lowest BCUT2D eigenvalue weighted by atomic mass is 10.1. The number of rotatable bonds is 7. The van der Waals surface area contributed by atoms with Gasteiger partial charge in [-0.15, -0.1) is 0 Å². The van der Waals surface area contributed by atoms with Crippen molar-refractivity contribution >= 4 is 0 Å². The standard InChI is InChI=1S/C16H24N2O/c1-5-14(10-17)11-18(4)12-15-7-8-16(19-6-2)13(3)9-15/h7-9,14H,5-6,11-12H2,1-4H3. The summed E-state index contributed by atoms with van der Waals surface area (Å²) in [6.07, 6.45) is 0.906. The summed E-state index contributed by atoms with van der Waals surface area (Å²) in [6, 6.07) is 8.64. The molecule has 0 spiro atoms. The van der Waals surface area contributed by atoms with E-state index in [2.05, 4.69) is 44.0 Å². The van der Waals surface area contributed by atoms with Crippen LogP contribution in [0.4, 0.5) is 0 Å². The third-order valence-corrected chi connectivity index (χ3v) is 3.20. The Morgan fingerprint density at radius 3 is 2.63 bits per heavy atom. The fourth-order valence-corrected chi connectivity index (χ4v) is 2.14. The lowest BCUT2D eigenvalue weighted by Crippen LogP contribution is -2.24. The maximum Gasteiger partial charge on any atom is 0.122 e. The first-order chi connectivity index (χ1) is 9.10. The summed E-state index contributed by atoms with van der Waals surface area (Å²) in [7, 11) is 2.06. The van der Waals surface area contributed by atoms with Gasteiger partial charge in [0.05, 0.1) is 18.6 Å². The SMILES string of the molecule is CCOc1ccc(CN(C)CC(C#N)CC)cc1C. The molecule has 0 bridgehead atoms. The fourth-order valence-electron chi connectivity index (χ4n) is 2.14. The van der Waals surface area contributed by atoms with E-state index in [0.717, 1.165) is 25.3 Å². The molecule has 0 saturated heterocycles. The van der Waals surface area contributed by atoms with Crippen LogP contribution in [0.5, 0.6) is 5.75 Å². The van der Waals surface area contributed by atoms with Crippen LogP contribution in [-0.4, -0.2) is 25.1 Å². The number of nitriles is 1. The van der Waals surface area contributed by atoms with E-state index in [0.29, 0.717) is 6.61 Å². The van der Waals surface area contributed by atoms with Gasteiger partial charge in [-0.05, 0) is 44.5 Å². The zero-order chi connectivity index (χ0) is 14.3. The van der Waals surface area contributed by atoms with Crippen molar-refractivity contribution in [3.8, 4) is 11.8 Å². The van der Waals surface area contributed by atoms with Gasteiger partial charge in [-0.1, -0.05) is 19.1 Å². The van der Waals surface area contributed by atoms with Crippen LogP contribution in [0.2, 0.25) is 0 Å². The lowest BCUT2D eigenvalue weighted by Gasteiger charge is -2.19. The van der Waals surface area contributed by atoms with Gasteiger partial charge in [0.1, 0.15) is 5.75 Å². The molecule has 0 amide bonds. The van der Waals surface area contributed by atoms with Gasteiger partial charge < -0.3 is 9.64 Å². The Labute approximate surface area is 116 Å². The minimum Gasteiger partial charge on any atom is -0.494 e. The van der Waals surface area contributed by atoms with Crippen LogP contribution < -0.4 is 4.74 Å². The highest BCUT2D eigenvalue weighted by molar-refractivity contribution is 5.36. The first kappa shape index (κ1) is 15.5. The number of benzene rings is 1. The van der Waals surface area contributed by atoms with Crippen molar-refractivity contribution in [2.75, 3.05) is 20.2 Å². The fraction of sp³-hybridized carbons (Fsp3) is 0.562. The molecule has 104 valence electrons. The molecule has 1 rings (SSSR count). The van der Waals surface area contributed by atoms with Crippen molar-refractivity contribution in [3.05, 3.63) is 29.3 Å². The Kier molecular flexibility index (Phi) is 6.38. The average Bonchev–Trinajstić information content (AvgIpc) is 2.39. The molecule has 3 heteroatoms. The van der Waals surface area contributed by atoms with Crippen LogP contribution >= 0.6 is 0 Å². The summed E-state index contributed by atoms with van der Waals surface area (Å²) in [4.78, 5) is 2.20. The number of nitrogens with zero attached hydrogens (tertiary/aromatic N) is 2. The second-order valence-corrected chi connectivity index (χ2v) is 4.96. The average molecular weight is 260 g/mol. The van der Waals surface area contributed by atoms with Crippen molar-refractivity contribution in [2.24, 2.45) is 5.92 Å². The molecule has 0 saturated carbocycles. The molecule has 3 nitrogen and oxygen atoms in total. The van der Waals surface area contributed by atoms with E-state index in [1.54, 1.807) is 0 Å². The van der Waals surface area contributed by atoms with E-state index >= 15 is 0 Å². The van der Waals surface area contributed by atoms with Crippen molar-refractivity contribution in [2.45, 2.75) is 33.7 Å². The van der Waals surface area contributed by atoms with E-state index < -0.39 is 0 Å². The third kappa shape index (κ3) is 4.92. The maximum atomic E-state index is 8.99. The first-order valence-corrected chi connectivity index (χ1v) is 6.91. The van der Waals surface area contributed by atoms with Gasteiger partial charge in [0.25, 0.3) is 0 Å². The van der Waals surface area contributed by atoms with E-state index in [1.165, 1.54) is 11.1 Å². The van der Waals surface area contributed by atoms with Crippen molar-refractivity contribution in [1.82, 2.24) is 4.90 Å². The van der Waals surface area contributed by atoms with Gasteiger partial charge in [-0.25, -0.2) is 0 Å². The molecule has 0 aliphatic heterocycles. The quantitative estimate of drug-likeness (QED) is 0.754. The van der Waals surface area contributed by atoms with E-state index in [-0.39, 0.29) is 5.92 Å². The first-order valence-electron chi connectivity index (χ1n) is 6.91. The van der Waals surface area contributed by atoms with Gasteiger partial charge in [-0.3, -0.25) is 0 Å². The molecule has 0 aliphatic rings. The summed E-state index contributed by atoms with van der Waals surface area (Å²) in [5, 5.41) is 8.99. The maximum absolute atomic E-state index is 8.99. The highest BCUT2D eigenvalue weighted by Gasteiger charge is 2.09. The molecule has 1 unspecified atom stereocenters. The van der Waals surface area contributed by atoms with Crippen LogP contribution in [-0.2, 0) is 6.54 Å². The molecule has 1 aromatic rings. The third-order valence-electron chi connectivity index (χ3n) is 3.20. The van der Waals surface area contributed by atoms with Crippen molar-refractivity contribution in [1.29, 1.82) is 5.26 Å². The predicted octanol–water partition coefficient (Wildman–Crippen LogP) is 3.38. The Morgan fingerprint density at radius 1 is 1.37 bits per heavy atom. The van der Waals surface area contributed by atoms with E-state index in [9.17, 15) is 0 Å². The number of aryl methyl sites for hydroxylation is 1. The molecule has 0 radical (unpaired) electrons. The molecule has 0 fully saturated rings. The molecule has 1 atom stereocenters. The van der Waals surface area contributed by atoms with Crippen LogP contribution in [0.1, 0.15) is 31.4 Å². The second kappa shape index (κ2) is 7.81. The van der Waals surface area contributed by atoms with Gasteiger partial charge in [0, 0.05) is 13.1 Å². The van der Waals surface area contributed by atoms with Crippen LogP contribution in [0, 0.1) is 24.2 Å². The predicted molar refractivity (Wildman–Crippen MR) is 78.1 cm³/mol. The largest absolute Gasteiger partial charge is 0.494 e. The molecule has 0 N–H and O–H groups in total. The van der Waals surface area contributed by atoms with Gasteiger partial charge in [-0.2, -0.15) is 5.26 Å². The summed E-state index contributed by atoms with van der Waals surface area (Å²) in [5.74, 6) is 1.08. The normalized spacial score (nSPS) is 12.2. The Hall–Kier alpha value is -1.53. The summed E-state index contributed by atoms with van der Waals surface area (Å²) < 4.78 is 5.54. The van der Waals surface area contributed by atoms with Crippen molar-refractivity contribution in [3.63, 3.8) is 0 Å². The van der Waals surface area contributed by atoms with Gasteiger partial charge >= 0.3 is 0 Å². The van der Waals surface area contributed by atoms with Gasteiger partial charge in [0.2, 0.25) is 0 Å². The smallest absolute Gasteiger partial charge is 0.122 e. The number of hydrogen-bond acceptors (Lipinski definition) is 3. The Balaban J connectivity index is 2.62. The molecular weight excluding hydrogens is 236 g/mol. The van der Waals surface area contributed by atoms with Crippen molar-refractivity contribution < 1.29 is 4.74 Å². The monoisotopic (exact) mass is 260 g/mol. The van der Waals surface area contributed by atoms with E-state index in [1.807, 2.05) is 13.0 Å². The zero-order valence-electron chi connectivity index (χ0n) is 12.4. The second-order valence-electron chi connectivity index (χ2n) is 4.96. The highest BCUT2D eigenvalue weighted by Crippen LogP contribution is 2.20. The van der Waals surface area contributed by atoms with E-state index in [4.69, 9.17) is 10.00 Å². The molecule has 0 heterocycles. The molecule has 0 aliphatic carbocycles. The number of hydrogen-bond donors (Lipinski definition) is 0. The zero-order valence-corrected chi connectivity index (χ0v) is 12.4.